The zero-order valence-electron chi connectivity index (χ0n) is 17.8. The second kappa shape index (κ2) is 7.27. The predicted octanol–water partition coefficient (Wildman–Crippen LogP) is 4.48. The molecule has 0 saturated carbocycles. The van der Waals surface area contributed by atoms with E-state index < -0.39 is 6.04 Å². The number of aromatic nitrogens is 5. The molecule has 0 aliphatic carbocycles. The van der Waals surface area contributed by atoms with Crippen LogP contribution < -0.4 is 10.9 Å². The molecular formula is C22H17ClN6O. The summed E-state index contributed by atoms with van der Waals surface area (Å²) in [6.45, 7) is 1.89. The second-order valence-electron chi connectivity index (χ2n) is 6.83. The number of imidazole rings is 1. The highest BCUT2D eigenvalue weighted by Gasteiger charge is 2.19. The van der Waals surface area contributed by atoms with E-state index in [2.05, 4.69) is 25.3 Å². The minimum absolute atomic E-state index is 0.0721. The van der Waals surface area contributed by atoms with E-state index in [9.17, 15) is 4.79 Å². The van der Waals surface area contributed by atoms with Gasteiger partial charge in [0.25, 0.3) is 5.56 Å². The van der Waals surface area contributed by atoms with Crippen LogP contribution in [-0.4, -0.2) is 24.5 Å². The van der Waals surface area contributed by atoms with Crippen molar-refractivity contribution in [1.82, 2.24) is 24.5 Å². The highest BCUT2D eigenvalue weighted by atomic mass is 35.5. The van der Waals surface area contributed by atoms with Gasteiger partial charge in [0.15, 0.2) is 11.5 Å². The molecule has 0 spiro atoms. The number of para-hydroxylation sites is 1. The van der Waals surface area contributed by atoms with Gasteiger partial charge in [-0.3, -0.25) is 9.36 Å². The Morgan fingerprint density at radius 1 is 1.13 bits per heavy atom. The highest BCUT2D eigenvalue weighted by Crippen LogP contribution is 2.27. The van der Waals surface area contributed by atoms with Crippen LogP contribution in [0.3, 0.4) is 0 Å². The molecule has 0 fully saturated rings. The van der Waals surface area contributed by atoms with Crippen molar-refractivity contribution in [3.05, 3.63) is 88.3 Å². The van der Waals surface area contributed by atoms with Gasteiger partial charge in [-0.1, -0.05) is 41.9 Å². The summed E-state index contributed by atoms with van der Waals surface area (Å²) in [4.78, 5) is 28.5. The topological polar surface area (TPSA) is 88.5 Å². The normalized spacial score (nSPS) is 13.3. The Morgan fingerprint density at radius 2 is 1.97 bits per heavy atom. The summed E-state index contributed by atoms with van der Waals surface area (Å²) in [5, 5.41) is 4.80. The van der Waals surface area contributed by atoms with Crippen molar-refractivity contribution in [1.29, 1.82) is 0 Å². The van der Waals surface area contributed by atoms with Gasteiger partial charge in [0, 0.05) is 11.4 Å². The summed E-state index contributed by atoms with van der Waals surface area (Å²) in [7, 11) is 0. The Hall–Kier alpha value is -3.71. The van der Waals surface area contributed by atoms with Crippen molar-refractivity contribution in [3.63, 3.8) is 0 Å². The minimum Gasteiger partial charge on any atom is -0.360 e. The van der Waals surface area contributed by atoms with E-state index in [-0.39, 0.29) is 18.2 Å². The first-order valence-corrected chi connectivity index (χ1v) is 9.67. The Kier molecular flexibility index (Phi) is 3.91. The summed E-state index contributed by atoms with van der Waals surface area (Å²) in [5.41, 5.74) is 1.80. The maximum atomic E-state index is 13.6. The van der Waals surface area contributed by atoms with Crippen molar-refractivity contribution in [3.8, 4) is 5.69 Å². The molecule has 30 heavy (non-hydrogen) atoms. The Bertz CT molecular complexity index is 1530. The van der Waals surface area contributed by atoms with Crippen LogP contribution in [0.15, 0.2) is 72.0 Å². The lowest BCUT2D eigenvalue weighted by Crippen LogP contribution is -2.25. The molecule has 2 N–H and O–H groups in total. The quantitative estimate of drug-likeness (QED) is 0.449. The first kappa shape index (κ1) is 16.1. The van der Waals surface area contributed by atoms with Crippen molar-refractivity contribution in [2.24, 2.45) is 0 Å². The number of aromatic amines is 1. The van der Waals surface area contributed by atoms with Gasteiger partial charge in [-0.15, -0.1) is 0 Å². The third-order valence-corrected chi connectivity index (χ3v) is 5.26. The largest absolute Gasteiger partial charge is 0.360 e. The smallest absolute Gasteiger partial charge is 0.264 e. The summed E-state index contributed by atoms with van der Waals surface area (Å²) >= 11 is 6.37. The van der Waals surface area contributed by atoms with E-state index in [4.69, 9.17) is 14.3 Å². The first-order chi connectivity index (χ1) is 15.4. The van der Waals surface area contributed by atoms with E-state index in [1.807, 2.05) is 49.4 Å². The van der Waals surface area contributed by atoms with Gasteiger partial charge < -0.3 is 10.3 Å². The number of nitrogens with one attached hydrogen (secondary N) is 2. The number of H-pyrrole nitrogens is 1. The van der Waals surface area contributed by atoms with Crippen LogP contribution >= 0.6 is 11.6 Å². The molecule has 5 aromatic rings. The number of nitrogens with zero attached hydrogens (tertiary/aromatic N) is 4. The number of hydrogen-bond donors (Lipinski definition) is 2. The summed E-state index contributed by atoms with van der Waals surface area (Å²) in [6.07, 6.45) is -0.279. The second-order valence-corrected chi connectivity index (χ2v) is 7.24. The molecular weight excluding hydrogens is 400 g/mol. The summed E-state index contributed by atoms with van der Waals surface area (Å²) in [5.74, 6) is 0.306. The lowest BCUT2D eigenvalue weighted by Gasteiger charge is -2.21. The predicted molar refractivity (Wildman–Crippen MR) is 118 cm³/mol. The van der Waals surface area contributed by atoms with Crippen molar-refractivity contribution < 1.29 is 2.74 Å². The highest BCUT2D eigenvalue weighted by molar-refractivity contribution is 6.35. The van der Waals surface area contributed by atoms with Crippen LogP contribution in [0, 0.1) is 0 Å². The van der Waals surface area contributed by atoms with E-state index in [0.717, 1.165) is 5.39 Å². The molecule has 0 aliphatic heterocycles. The standard InChI is InChI=1S/C22H17ClN6O/c1-13(28-21-19-20(25-11-24-19)26-12-27-21)17-10-14-6-5-9-16(23)18(14)22(30)29(17)15-7-3-2-4-8-15/h2-13H,1H3,(H2,24,25,26,27,28)/t13-/m0/s1/i11D,12D. The molecule has 5 rings (SSSR count). The number of benzene rings is 2. The number of hydrogen-bond acceptors (Lipinski definition) is 5. The molecule has 0 saturated heterocycles. The summed E-state index contributed by atoms with van der Waals surface area (Å²) in [6, 6.07) is 16.2. The zero-order chi connectivity index (χ0) is 22.4. The Balaban J connectivity index is 1.71. The lowest BCUT2D eigenvalue weighted by molar-refractivity contribution is 0.774. The number of fused-ring (bicyclic) bond motifs is 2. The average Bonchev–Trinajstić information content (AvgIpc) is 3.14. The molecule has 0 radical (unpaired) electrons. The number of rotatable bonds is 4. The van der Waals surface area contributed by atoms with E-state index in [0.29, 0.717) is 38.8 Å². The molecule has 7 nitrogen and oxygen atoms in total. The van der Waals surface area contributed by atoms with Crippen LogP contribution in [0.25, 0.3) is 27.6 Å². The van der Waals surface area contributed by atoms with Crippen LogP contribution in [0.4, 0.5) is 5.82 Å². The number of halogens is 1. The molecule has 3 aromatic heterocycles. The van der Waals surface area contributed by atoms with Crippen LogP contribution in [0.5, 0.6) is 0 Å². The molecule has 0 amide bonds. The summed E-state index contributed by atoms with van der Waals surface area (Å²) < 4.78 is 17.2. The van der Waals surface area contributed by atoms with Gasteiger partial charge in [0.05, 0.1) is 22.8 Å². The van der Waals surface area contributed by atoms with Gasteiger partial charge in [-0.2, -0.15) is 0 Å². The number of pyridine rings is 1. The van der Waals surface area contributed by atoms with Gasteiger partial charge in [0.1, 0.15) is 14.6 Å². The maximum Gasteiger partial charge on any atom is 0.264 e. The van der Waals surface area contributed by atoms with Gasteiger partial charge in [-0.05, 0) is 36.6 Å². The minimum atomic E-state index is -0.408. The van der Waals surface area contributed by atoms with Crippen molar-refractivity contribution >= 4 is 39.4 Å². The van der Waals surface area contributed by atoms with Crippen molar-refractivity contribution in [2.75, 3.05) is 5.32 Å². The van der Waals surface area contributed by atoms with Crippen LogP contribution in [0.2, 0.25) is 5.02 Å². The third-order valence-electron chi connectivity index (χ3n) is 4.95. The number of anilines is 1. The fourth-order valence-corrected chi connectivity index (χ4v) is 3.82. The van der Waals surface area contributed by atoms with Crippen molar-refractivity contribution in [2.45, 2.75) is 13.0 Å². The molecule has 0 aliphatic rings. The fourth-order valence-electron chi connectivity index (χ4n) is 3.55. The zero-order valence-corrected chi connectivity index (χ0v) is 16.6. The lowest BCUT2D eigenvalue weighted by atomic mass is 10.1. The van der Waals surface area contributed by atoms with E-state index >= 15 is 0 Å². The molecule has 2 aromatic carbocycles. The SMILES string of the molecule is [2H]c1nc(N[C@@H](C)c2cc3cccc(Cl)c3c(=O)n2-c2ccccc2)c2nc([2H])[nH]c2n1. The van der Waals surface area contributed by atoms with E-state index in [1.165, 1.54) is 0 Å². The Morgan fingerprint density at radius 3 is 2.80 bits per heavy atom. The van der Waals surface area contributed by atoms with E-state index in [1.54, 1.807) is 16.7 Å². The van der Waals surface area contributed by atoms with Gasteiger partial charge in [-0.25, -0.2) is 15.0 Å². The van der Waals surface area contributed by atoms with Crippen LogP contribution in [-0.2, 0) is 0 Å². The molecule has 8 heteroatoms. The maximum absolute atomic E-state index is 13.6. The first-order valence-electron chi connectivity index (χ1n) is 10.3. The third kappa shape index (κ3) is 3.00. The van der Waals surface area contributed by atoms with Crippen LogP contribution in [0.1, 0.15) is 21.4 Å². The monoisotopic (exact) mass is 418 g/mol. The average molecular weight is 419 g/mol. The molecule has 1 atom stereocenters. The fraction of sp³-hybridized carbons (Fsp3) is 0.0909. The van der Waals surface area contributed by atoms with Gasteiger partial charge >= 0.3 is 0 Å². The molecule has 0 bridgehead atoms. The van der Waals surface area contributed by atoms with Gasteiger partial charge in [0.2, 0.25) is 0 Å². The molecule has 3 heterocycles. The molecule has 0 unspecified atom stereocenters. The molecule has 148 valence electrons. The Labute approximate surface area is 179 Å².